The second kappa shape index (κ2) is 15.9. The van der Waals surface area contributed by atoms with Gasteiger partial charge in [0.25, 0.3) is 0 Å². The molecule has 26 heavy (non-hydrogen) atoms. The SMILES string of the molecule is CCCCC(CC)CNC(=NCC(C)CN1CCN(C)CC1)NCC.I. The molecule has 5 nitrogen and oxygen atoms in total. The molecule has 1 aliphatic rings. The zero-order valence-corrected chi connectivity index (χ0v) is 20.2. The minimum Gasteiger partial charge on any atom is -0.357 e. The number of hydrogen-bond donors (Lipinski definition) is 2. The summed E-state index contributed by atoms with van der Waals surface area (Å²) in [7, 11) is 2.21. The van der Waals surface area contributed by atoms with Crippen LogP contribution in [0, 0.1) is 11.8 Å². The van der Waals surface area contributed by atoms with E-state index in [-0.39, 0.29) is 24.0 Å². The Hall–Kier alpha value is -0.0800. The van der Waals surface area contributed by atoms with Gasteiger partial charge in [0.05, 0.1) is 0 Å². The van der Waals surface area contributed by atoms with Gasteiger partial charge in [-0.1, -0.05) is 40.0 Å². The maximum absolute atomic E-state index is 4.84. The van der Waals surface area contributed by atoms with E-state index in [1.165, 1.54) is 51.9 Å². The second-order valence-electron chi connectivity index (χ2n) is 7.73. The Morgan fingerprint density at radius 2 is 1.77 bits per heavy atom. The number of nitrogens with zero attached hydrogens (tertiary/aromatic N) is 3. The molecule has 1 aliphatic heterocycles. The van der Waals surface area contributed by atoms with Gasteiger partial charge in [-0.05, 0) is 32.2 Å². The van der Waals surface area contributed by atoms with Crippen molar-refractivity contribution in [2.45, 2.75) is 53.4 Å². The highest BCUT2D eigenvalue weighted by Gasteiger charge is 2.16. The first-order valence-corrected chi connectivity index (χ1v) is 10.5. The maximum atomic E-state index is 4.84. The third-order valence-electron chi connectivity index (χ3n) is 5.17. The van der Waals surface area contributed by atoms with Crippen molar-refractivity contribution in [1.82, 2.24) is 20.4 Å². The molecule has 2 unspecified atom stereocenters. The van der Waals surface area contributed by atoms with Crippen molar-refractivity contribution < 1.29 is 0 Å². The van der Waals surface area contributed by atoms with Crippen molar-refractivity contribution in [3.8, 4) is 0 Å². The van der Waals surface area contributed by atoms with E-state index in [9.17, 15) is 0 Å². The maximum Gasteiger partial charge on any atom is 0.191 e. The number of guanidine groups is 1. The number of likely N-dealkylation sites (N-methyl/N-ethyl adjacent to an activating group) is 1. The molecule has 2 atom stereocenters. The van der Waals surface area contributed by atoms with Crippen molar-refractivity contribution >= 4 is 29.9 Å². The average Bonchev–Trinajstić information content (AvgIpc) is 2.61. The second-order valence-corrected chi connectivity index (χ2v) is 7.73. The van der Waals surface area contributed by atoms with Crippen molar-refractivity contribution in [3.63, 3.8) is 0 Å². The van der Waals surface area contributed by atoms with E-state index in [2.05, 4.69) is 55.2 Å². The lowest BCUT2D eigenvalue weighted by atomic mass is 9.99. The van der Waals surface area contributed by atoms with Crippen LogP contribution in [0.1, 0.15) is 53.4 Å². The van der Waals surface area contributed by atoms with Gasteiger partial charge in [-0.25, -0.2) is 0 Å². The van der Waals surface area contributed by atoms with Crippen molar-refractivity contribution in [2.75, 3.05) is 59.4 Å². The fourth-order valence-electron chi connectivity index (χ4n) is 3.30. The lowest BCUT2D eigenvalue weighted by Gasteiger charge is -2.33. The number of unbranched alkanes of at least 4 members (excludes halogenated alkanes) is 1. The summed E-state index contributed by atoms with van der Waals surface area (Å²) in [6, 6.07) is 0. The molecule has 1 heterocycles. The third-order valence-corrected chi connectivity index (χ3v) is 5.17. The zero-order valence-electron chi connectivity index (χ0n) is 17.9. The number of halogens is 1. The molecule has 0 aliphatic carbocycles. The summed E-state index contributed by atoms with van der Waals surface area (Å²) in [5, 5.41) is 6.97. The molecule has 0 bridgehead atoms. The van der Waals surface area contributed by atoms with Gasteiger partial charge in [0.1, 0.15) is 0 Å². The topological polar surface area (TPSA) is 42.9 Å². The summed E-state index contributed by atoms with van der Waals surface area (Å²) in [5.74, 6) is 2.34. The van der Waals surface area contributed by atoms with Gasteiger partial charge < -0.3 is 20.4 Å². The Morgan fingerprint density at radius 3 is 2.35 bits per heavy atom. The van der Waals surface area contributed by atoms with Crippen LogP contribution in [0.4, 0.5) is 0 Å². The van der Waals surface area contributed by atoms with Crippen molar-refractivity contribution in [3.05, 3.63) is 0 Å². The first-order chi connectivity index (χ1) is 12.1. The van der Waals surface area contributed by atoms with Crippen molar-refractivity contribution in [2.24, 2.45) is 16.8 Å². The van der Waals surface area contributed by atoms with Crippen LogP contribution in [0.3, 0.4) is 0 Å². The van der Waals surface area contributed by atoms with Crippen LogP contribution >= 0.6 is 24.0 Å². The highest BCUT2D eigenvalue weighted by Crippen LogP contribution is 2.11. The van der Waals surface area contributed by atoms with Gasteiger partial charge in [0.2, 0.25) is 0 Å². The van der Waals surface area contributed by atoms with Gasteiger partial charge in [-0.15, -0.1) is 24.0 Å². The number of hydrogen-bond acceptors (Lipinski definition) is 3. The van der Waals surface area contributed by atoms with E-state index >= 15 is 0 Å². The largest absolute Gasteiger partial charge is 0.357 e. The van der Waals surface area contributed by atoms with Crippen LogP contribution in [0.5, 0.6) is 0 Å². The van der Waals surface area contributed by atoms with E-state index in [1.807, 2.05) is 0 Å². The van der Waals surface area contributed by atoms with E-state index in [1.54, 1.807) is 0 Å². The molecule has 1 fully saturated rings. The summed E-state index contributed by atoms with van der Waals surface area (Å²) in [5.41, 5.74) is 0. The molecule has 1 saturated heterocycles. The first-order valence-electron chi connectivity index (χ1n) is 10.5. The minimum atomic E-state index is 0. The molecule has 0 amide bonds. The molecule has 6 heteroatoms. The highest BCUT2D eigenvalue weighted by atomic mass is 127. The van der Waals surface area contributed by atoms with Crippen LogP contribution in [-0.4, -0.2) is 75.2 Å². The van der Waals surface area contributed by atoms with E-state index in [4.69, 9.17) is 4.99 Å². The van der Waals surface area contributed by atoms with E-state index in [0.29, 0.717) is 5.92 Å². The van der Waals surface area contributed by atoms with Gasteiger partial charge in [-0.3, -0.25) is 4.99 Å². The summed E-state index contributed by atoms with van der Waals surface area (Å²) >= 11 is 0. The molecular weight excluding hydrogens is 437 g/mol. The highest BCUT2D eigenvalue weighted by molar-refractivity contribution is 14.0. The Bertz CT molecular complexity index is 356. The Morgan fingerprint density at radius 1 is 1.08 bits per heavy atom. The fraction of sp³-hybridized carbons (Fsp3) is 0.950. The van der Waals surface area contributed by atoms with Gasteiger partial charge in [0, 0.05) is 52.4 Å². The summed E-state index contributed by atoms with van der Waals surface area (Å²) in [6.45, 7) is 17.8. The Balaban J connectivity index is 0.00000625. The van der Waals surface area contributed by atoms with Crippen LogP contribution < -0.4 is 10.6 Å². The monoisotopic (exact) mass is 481 g/mol. The molecule has 0 aromatic heterocycles. The summed E-state index contributed by atoms with van der Waals surface area (Å²) in [6.07, 6.45) is 5.18. The number of piperazine rings is 1. The van der Waals surface area contributed by atoms with Crippen LogP contribution in [0.15, 0.2) is 4.99 Å². The Kier molecular flexibility index (Phi) is 15.9. The van der Waals surface area contributed by atoms with Gasteiger partial charge in [0.15, 0.2) is 5.96 Å². The van der Waals surface area contributed by atoms with Crippen molar-refractivity contribution in [1.29, 1.82) is 0 Å². The van der Waals surface area contributed by atoms with Gasteiger partial charge in [-0.2, -0.15) is 0 Å². The lowest BCUT2D eigenvalue weighted by Crippen LogP contribution is -2.46. The third kappa shape index (κ3) is 11.6. The molecule has 1 rings (SSSR count). The van der Waals surface area contributed by atoms with Crippen LogP contribution in [0.25, 0.3) is 0 Å². The molecule has 0 spiro atoms. The summed E-state index contributed by atoms with van der Waals surface area (Å²) in [4.78, 5) is 9.83. The smallest absolute Gasteiger partial charge is 0.191 e. The zero-order chi connectivity index (χ0) is 18.5. The molecule has 0 aromatic carbocycles. The molecule has 0 aromatic rings. The standard InChI is InChI=1S/C20H43N5.HI/c1-6-9-10-19(7-2)16-23-20(21-8-3)22-15-18(4)17-25-13-11-24(5)12-14-25;/h18-19H,6-17H2,1-5H3,(H2,21,22,23);1H. The Labute approximate surface area is 179 Å². The van der Waals surface area contributed by atoms with Crippen LogP contribution in [-0.2, 0) is 0 Å². The molecule has 0 saturated carbocycles. The fourth-order valence-corrected chi connectivity index (χ4v) is 3.30. The lowest BCUT2D eigenvalue weighted by molar-refractivity contribution is 0.140. The average molecular weight is 482 g/mol. The quantitative estimate of drug-likeness (QED) is 0.270. The van der Waals surface area contributed by atoms with Crippen LogP contribution in [0.2, 0.25) is 0 Å². The van der Waals surface area contributed by atoms with E-state index < -0.39 is 0 Å². The predicted octanol–water partition coefficient (Wildman–Crippen LogP) is 3.26. The molecule has 2 N–H and O–H groups in total. The first kappa shape index (κ1) is 25.9. The van der Waals surface area contributed by atoms with E-state index in [0.717, 1.165) is 38.1 Å². The number of nitrogens with one attached hydrogen (secondary N) is 2. The normalized spacial score (nSPS) is 18.9. The minimum absolute atomic E-state index is 0. The molecular formula is C20H44IN5. The number of aliphatic imine (C=N–C) groups is 1. The predicted molar refractivity (Wildman–Crippen MR) is 126 cm³/mol. The number of rotatable bonds is 11. The summed E-state index contributed by atoms with van der Waals surface area (Å²) < 4.78 is 0. The molecule has 156 valence electrons. The van der Waals surface area contributed by atoms with Gasteiger partial charge >= 0.3 is 0 Å². The molecule has 0 radical (unpaired) electrons.